The number of carbonyl (C=O) groups excluding carboxylic acids is 2. The first-order valence-corrected chi connectivity index (χ1v) is 6.23. The normalized spacial score (nSPS) is 19.9. The SMILES string of the molecule is CC(=O)CC1(C(C#N)C#N)C(=O)Nc2ccc(Cl)cc21. The predicted octanol–water partition coefficient (Wildman–Crippen LogP) is 2.17. The molecule has 6 heteroatoms. The van der Waals surface area contributed by atoms with Crippen LogP contribution in [0.3, 0.4) is 0 Å². The number of Topliss-reactive ketones (excluding diaryl/α,β-unsaturated/α-hetero) is 1. The van der Waals surface area contributed by atoms with Crippen molar-refractivity contribution in [3.05, 3.63) is 28.8 Å². The average molecular weight is 288 g/mol. The van der Waals surface area contributed by atoms with Crippen LogP contribution in [-0.4, -0.2) is 11.7 Å². The molecular formula is C14H10ClN3O2. The number of carbonyl (C=O) groups is 2. The number of fused-ring (bicyclic) bond motifs is 1. The van der Waals surface area contributed by atoms with Crippen LogP contribution in [0, 0.1) is 28.6 Å². The molecule has 0 fully saturated rings. The van der Waals surface area contributed by atoms with E-state index in [1.54, 1.807) is 12.1 Å². The van der Waals surface area contributed by atoms with E-state index in [0.29, 0.717) is 16.3 Å². The highest BCUT2D eigenvalue weighted by Crippen LogP contribution is 2.46. The zero-order valence-electron chi connectivity index (χ0n) is 10.6. The number of amides is 1. The van der Waals surface area contributed by atoms with E-state index in [-0.39, 0.29) is 12.2 Å². The summed E-state index contributed by atoms with van der Waals surface area (Å²) in [6, 6.07) is 8.35. The van der Waals surface area contributed by atoms with Crippen LogP contribution in [0.1, 0.15) is 18.9 Å². The molecule has 100 valence electrons. The Kier molecular flexibility index (Phi) is 3.48. The van der Waals surface area contributed by atoms with E-state index in [2.05, 4.69) is 5.32 Å². The summed E-state index contributed by atoms with van der Waals surface area (Å²) in [6.07, 6.45) is -0.210. The number of nitriles is 2. The van der Waals surface area contributed by atoms with Crippen LogP contribution in [0.15, 0.2) is 18.2 Å². The number of benzene rings is 1. The summed E-state index contributed by atoms with van der Waals surface area (Å²) in [6.45, 7) is 1.32. The van der Waals surface area contributed by atoms with Gasteiger partial charge in [-0.1, -0.05) is 11.6 Å². The minimum Gasteiger partial charge on any atom is -0.325 e. The fourth-order valence-electron chi connectivity index (χ4n) is 2.56. The van der Waals surface area contributed by atoms with Crippen molar-refractivity contribution >= 4 is 29.0 Å². The summed E-state index contributed by atoms with van der Waals surface area (Å²) in [7, 11) is 0. The Bertz CT molecular complexity index is 673. The van der Waals surface area contributed by atoms with Crippen LogP contribution in [0.5, 0.6) is 0 Å². The van der Waals surface area contributed by atoms with E-state index < -0.39 is 17.2 Å². The topological polar surface area (TPSA) is 93.8 Å². The minimum absolute atomic E-state index is 0.210. The van der Waals surface area contributed by atoms with Crippen LogP contribution in [0.25, 0.3) is 0 Å². The van der Waals surface area contributed by atoms with Gasteiger partial charge in [0.05, 0.1) is 12.1 Å². The third kappa shape index (κ3) is 1.93. The zero-order chi connectivity index (χ0) is 14.9. The first kappa shape index (κ1) is 14.0. The van der Waals surface area contributed by atoms with Crippen LogP contribution < -0.4 is 5.32 Å². The fraction of sp³-hybridized carbons (Fsp3) is 0.286. The van der Waals surface area contributed by atoms with E-state index >= 15 is 0 Å². The molecule has 5 nitrogen and oxygen atoms in total. The minimum atomic E-state index is -1.49. The first-order chi connectivity index (χ1) is 9.45. The van der Waals surface area contributed by atoms with Crippen molar-refractivity contribution in [2.24, 2.45) is 5.92 Å². The van der Waals surface area contributed by atoms with Gasteiger partial charge >= 0.3 is 0 Å². The molecule has 1 N–H and O–H groups in total. The van der Waals surface area contributed by atoms with Gasteiger partial charge in [-0.05, 0) is 30.7 Å². The molecule has 1 aliphatic heterocycles. The average Bonchev–Trinajstić information content (AvgIpc) is 2.64. The Balaban J connectivity index is 2.73. The number of hydrogen-bond donors (Lipinski definition) is 1. The maximum absolute atomic E-state index is 12.4. The largest absolute Gasteiger partial charge is 0.325 e. The van der Waals surface area contributed by atoms with Crippen molar-refractivity contribution in [2.45, 2.75) is 18.8 Å². The number of anilines is 1. The number of halogens is 1. The van der Waals surface area contributed by atoms with Crippen LogP contribution >= 0.6 is 11.6 Å². The molecule has 1 unspecified atom stereocenters. The van der Waals surface area contributed by atoms with Crippen molar-refractivity contribution in [3.63, 3.8) is 0 Å². The lowest BCUT2D eigenvalue weighted by atomic mass is 9.69. The molecule has 1 atom stereocenters. The fourth-order valence-corrected chi connectivity index (χ4v) is 2.73. The van der Waals surface area contributed by atoms with Crippen molar-refractivity contribution in [1.29, 1.82) is 10.5 Å². The second-order valence-corrected chi connectivity index (χ2v) is 5.12. The monoisotopic (exact) mass is 287 g/mol. The third-order valence-electron chi connectivity index (χ3n) is 3.39. The highest BCUT2D eigenvalue weighted by atomic mass is 35.5. The van der Waals surface area contributed by atoms with Gasteiger partial charge in [0.2, 0.25) is 5.91 Å². The number of rotatable bonds is 3. The van der Waals surface area contributed by atoms with E-state index in [1.165, 1.54) is 13.0 Å². The molecule has 1 aromatic rings. The molecule has 1 aromatic carbocycles. The van der Waals surface area contributed by atoms with Gasteiger partial charge in [0.25, 0.3) is 0 Å². The van der Waals surface area contributed by atoms with Gasteiger partial charge in [0.1, 0.15) is 11.2 Å². The summed E-state index contributed by atoms with van der Waals surface area (Å²) in [5, 5.41) is 21.4. The van der Waals surface area contributed by atoms with Crippen molar-refractivity contribution in [2.75, 3.05) is 5.32 Å². The van der Waals surface area contributed by atoms with Crippen LogP contribution in [0.2, 0.25) is 5.02 Å². The highest BCUT2D eigenvalue weighted by Gasteiger charge is 2.54. The lowest BCUT2D eigenvalue weighted by Gasteiger charge is -2.27. The van der Waals surface area contributed by atoms with Gasteiger partial charge in [-0.2, -0.15) is 10.5 Å². The van der Waals surface area contributed by atoms with E-state index in [4.69, 9.17) is 11.6 Å². The molecule has 0 saturated heterocycles. The molecule has 0 aromatic heterocycles. The predicted molar refractivity (Wildman–Crippen MR) is 71.8 cm³/mol. The Morgan fingerprint density at radius 3 is 2.65 bits per heavy atom. The number of nitrogens with one attached hydrogen (secondary N) is 1. The number of nitrogens with zero attached hydrogens (tertiary/aromatic N) is 2. The first-order valence-electron chi connectivity index (χ1n) is 5.86. The quantitative estimate of drug-likeness (QED) is 0.922. The van der Waals surface area contributed by atoms with Crippen LogP contribution in [0.4, 0.5) is 5.69 Å². The van der Waals surface area contributed by atoms with Crippen molar-refractivity contribution < 1.29 is 9.59 Å². The standard InChI is InChI=1S/C14H10ClN3O2/c1-8(19)5-14(9(6-16)7-17)11-4-10(15)2-3-12(11)18-13(14)20/h2-4,9H,5H2,1H3,(H,18,20). The van der Waals surface area contributed by atoms with Gasteiger partial charge in [-0.3, -0.25) is 9.59 Å². The van der Waals surface area contributed by atoms with E-state index in [0.717, 1.165) is 0 Å². The lowest BCUT2D eigenvalue weighted by Crippen LogP contribution is -2.42. The Labute approximate surface area is 120 Å². The maximum Gasteiger partial charge on any atom is 0.238 e. The molecule has 0 spiro atoms. The molecule has 1 amide bonds. The summed E-state index contributed by atoms with van der Waals surface area (Å²) in [5.41, 5.74) is -0.579. The van der Waals surface area contributed by atoms with Crippen LogP contribution in [-0.2, 0) is 15.0 Å². The second-order valence-electron chi connectivity index (χ2n) is 4.69. The lowest BCUT2D eigenvalue weighted by molar-refractivity contribution is -0.127. The Morgan fingerprint density at radius 1 is 1.45 bits per heavy atom. The molecule has 20 heavy (non-hydrogen) atoms. The molecule has 0 aliphatic carbocycles. The number of ketones is 1. The molecule has 0 radical (unpaired) electrons. The molecule has 1 aliphatic rings. The molecule has 0 saturated carbocycles. The zero-order valence-corrected chi connectivity index (χ0v) is 11.4. The molecule has 0 bridgehead atoms. The maximum atomic E-state index is 12.4. The van der Waals surface area contributed by atoms with E-state index in [1.807, 2.05) is 12.1 Å². The van der Waals surface area contributed by atoms with Crippen molar-refractivity contribution in [3.8, 4) is 12.1 Å². The van der Waals surface area contributed by atoms with Crippen molar-refractivity contribution in [1.82, 2.24) is 0 Å². The third-order valence-corrected chi connectivity index (χ3v) is 3.63. The van der Waals surface area contributed by atoms with Gasteiger partial charge in [-0.15, -0.1) is 0 Å². The summed E-state index contributed by atoms with van der Waals surface area (Å²) in [5.74, 6) is -2.05. The summed E-state index contributed by atoms with van der Waals surface area (Å²) >= 11 is 5.94. The molecule has 1 heterocycles. The summed E-state index contributed by atoms with van der Waals surface area (Å²) in [4.78, 5) is 23.9. The summed E-state index contributed by atoms with van der Waals surface area (Å²) < 4.78 is 0. The van der Waals surface area contributed by atoms with Gasteiger partial charge in [0, 0.05) is 17.1 Å². The Morgan fingerprint density at radius 2 is 2.10 bits per heavy atom. The highest BCUT2D eigenvalue weighted by molar-refractivity contribution is 6.31. The molecular weight excluding hydrogens is 278 g/mol. The number of hydrogen-bond acceptors (Lipinski definition) is 4. The molecule has 2 rings (SSSR count). The van der Waals surface area contributed by atoms with Gasteiger partial charge in [-0.25, -0.2) is 0 Å². The van der Waals surface area contributed by atoms with Gasteiger partial charge < -0.3 is 5.32 Å². The second kappa shape index (κ2) is 4.96. The smallest absolute Gasteiger partial charge is 0.238 e. The Hall–Kier alpha value is -2.37. The van der Waals surface area contributed by atoms with E-state index in [9.17, 15) is 20.1 Å². The van der Waals surface area contributed by atoms with Gasteiger partial charge in [0.15, 0.2) is 5.92 Å².